The van der Waals surface area contributed by atoms with E-state index in [1.165, 1.54) is 103 Å². The van der Waals surface area contributed by atoms with E-state index in [0.717, 1.165) is 57.8 Å². The van der Waals surface area contributed by atoms with Gasteiger partial charge in [-0.2, -0.15) is 0 Å². The average Bonchev–Trinajstić information content (AvgIpc) is 3.27. The summed E-state index contributed by atoms with van der Waals surface area (Å²) >= 11 is 0. The topological polar surface area (TPSA) is 214 Å². The van der Waals surface area contributed by atoms with Crippen LogP contribution in [0.2, 0.25) is 0 Å². The Hall–Kier alpha value is -1.27. The van der Waals surface area contributed by atoms with E-state index in [2.05, 4.69) is 26.0 Å². The van der Waals surface area contributed by atoms with Gasteiger partial charge in [-0.05, 0) is 38.5 Å². The maximum absolute atomic E-state index is 12.9. The quantitative estimate of drug-likeness (QED) is 0.0195. The smallest absolute Gasteiger partial charge is 0.306 e. The number of carbonyl (C=O) groups is 1. The lowest BCUT2D eigenvalue weighted by molar-refractivity contribution is -0.332. The highest BCUT2D eigenvalue weighted by Gasteiger charge is 2.47. The van der Waals surface area contributed by atoms with Crippen molar-refractivity contribution in [1.82, 2.24) is 0 Å². The third-order valence-corrected chi connectivity index (χ3v) is 12.0. The van der Waals surface area contributed by atoms with Crippen LogP contribution in [0.1, 0.15) is 187 Å². The van der Waals surface area contributed by atoms with Gasteiger partial charge in [0, 0.05) is 13.0 Å². The number of unbranched alkanes of at least 4 members (excludes halogenated alkanes) is 23. The highest BCUT2D eigenvalue weighted by molar-refractivity contribution is 5.69. The van der Waals surface area contributed by atoms with E-state index < -0.39 is 80.7 Å². The van der Waals surface area contributed by atoms with Crippen molar-refractivity contribution in [3.8, 4) is 0 Å². The summed E-state index contributed by atoms with van der Waals surface area (Å²) in [5.41, 5.74) is 0. The van der Waals surface area contributed by atoms with Crippen molar-refractivity contribution in [1.29, 1.82) is 0 Å². The molecule has 0 spiro atoms. The highest BCUT2D eigenvalue weighted by atomic mass is 16.7. The fourth-order valence-corrected chi connectivity index (χ4v) is 7.93. The van der Waals surface area contributed by atoms with E-state index in [0.29, 0.717) is 13.0 Å². The second kappa shape index (κ2) is 36.9. The lowest BCUT2D eigenvalue weighted by atomic mass is 9.98. The van der Waals surface area contributed by atoms with Crippen LogP contribution in [-0.2, 0) is 33.2 Å². The van der Waals surface area contributed by atoms with Gasteiger partial charge in [-0.25, -0.2) is 0 Å². The van der Waals surface area contributed by atoms with Gasteiger partial charge in [0.25, 0.3) is 0 Å². The Bertz CT molecular complexity index is 1080. The minimum Gasteiger partial charge on any atom is -0.457 e. The van der Waals surface area contributed by atoms with Crippen LogP contribution in [0.15, 0.2) is 12.2 Å². The summed E-state index contributed by atoms with van der Waals surface area (Å²) in [5, 5.41) is 72.0. The summed E-state index contributed by atoms with van der Waals surface area (Å²) in [5.74, 6) is -0.383. The molecule has 7 N–H and O–H groups in total. The number of esters is 1. The van der Waals surface area contributed by atoms with Crippen LogP contribution >= 0.6 is 0 Å². The molecular weight excluding hydrogens is 801 g/mol. The van der Waals surface area contributed by atoms with E-state index in [4.69, 9.17) is 28.4 Å². The van der Waals surface area contributed by atoms with Crippen LogP contribution < -0.4 is 0 Å². The number of carbonyl (C=O) groups excluding carboxylic acids is 1. The predicted molar refractivity (Wildman–Crippen MR) is 238 cm³/mol. The van der Waals surface area contributed by atoms with E-state index in [1.807, 2.05) is 0 Å². The van der Waals surface area contributed by atoms with Gasteiger partial charge in [-0.1, -0.05) is 154 Å². The molecule has 0 aromatic heterocycles. The molecule has 14 heteroatoms. The number of aliphatic hydroxyl groups excluding tert-OH is 7. The van der Waals surface area contributed by atoms with Crippen LogP contribution in [0.3, 0.4) is 0 Å². The Labute approximate surface area is 374 Å². The Morgan fingerprint density at radius 2 is 0.952 bits per heavy atom. The van der Waals surface area contributed by atoms with Crippen molar-refractivity contribution in [3.63, 3.8) is 0 Å². The van der Waals surface area contributed by atoms with Gasteiger partial charge in [0.2, 0.25) is 0 Å². The molecule has 2 fully saturated rings. The fraction of sp³-hybridized carbons (Fsp3) is 0.938. The lowest BCUT2D eigenvalue weighted by Crippen LogP contribution is -2.61. The second-order valence-corrected chi connectivity index (χ2v) is 17.6. The summed E-state index contributed by atoms with van der Waals surface area (Å²) in [6.07, 6.45) is 19.9. The molecule has 0 amide bonds. The van der Waals surface area contributed by atoms with Crippen molar-refractivity contribution in [2.24, 2.45) is 0 Å². The third kappa shape index (κ3) is 24.9. The molecule has 14 nitrogen and oxygen atoms in total. The van der Waals surface area contributed by atoms with Gasteiger partial charge in [-0.3, -0.25) is 4.79 Å². The minimum absolute atomic E-state index is 0.0636. The Morgan fingerprint density at radius 1 is 0.516 bits per heavy atom. The first-order valence-electron chi connectivity index (χ1n) is 24.8. The molecule has 2 heterocycles. The third-order valence-electron chi connectivity index (χ3n) is 12.0. The number of hydrogen-bond acceptors (Lipinski definition) is 14. The van der Waals surface area contributed by atoms with E-state index in [9.17, 15) is 40.5 Å². The van der Waals surface area contributed by atoms with Crippen LogP contribution in [-0.4, -0.2) is 142 Å². The molecule has 366 valence electrons. The molecule has 0 saturated carbocycles. The van der Waals surface area contributed by atoms with Crippen molar-refractivity contribution in [2.75, 3.05) is 33.0 Å². The molecule has 11 atom stereocenters. The fourth-order valence-electron chi connectivity index (χ4n) is 7.93. The zero-order valence-electron chi connectivity index (χ0n) is 38.6. The van der Waals surface area contributed by atoms with E-state index >= 15 is 0 Å². The predicted octanol–water partition coefficient (Wildman–Crippen LogP) is 6.68. The summed E-state index contributed by atoms with van der Waals surface area (Å²) in [6, 6.07) is 0. The molecule has 62 heavy (non-hydrogen) atoms. The Balaban J connectivity index is 1.78. The molecular formula is C48H90O14. The monoisotopic (exact) mass is 891 g/mol. The maximum Gasteiger partial charge on any atom is 0.306 e. The SMILES string of the molecule is CCCCC/C=C\CCCCCCCC(=O)OC(COCCCCCCCCCCCCCCCCCC)COC1OC(COC2OC(CO)C(O)C(O)C2O)C(O)C(O)C1O. The van der Waals surface area contributed by atoms with Crippen molar-refractivity contribution in [2.45, 2.75) is 255 Å². The number of ether oxygens (including phenoxy) is 6. The summed E-state index contributed by atoms with van der Waals surface area (Å²) in [7, 11) is 0. The largest absolute Gasteiger partial charge is 0.457 e. The lowest BCUT2D eigenvalue weighted by Gasteiger charge is -2.42. The van der Waals surface area contributed by atoms with E-state index in [1.54, 1.807) is 0 Å². The van der Waals surface area contributed by atoms with Crippen molar-refractivity contribution >= 4 is 5.97 Å². The molecule has 0 bridgehead atoms. The molecule has 0 radical (unpaired) electrons. The maximum atomic E-state index is 12.9. The molecule has 0 aromatic rings. The highest BCUT2D eigenvalue weighted by Crippen LogP contribution is 2.26. The van der Waals surface area contributed by atoms with Crippen LogP contribution in [0, 0.1) is 0 Å². The summed E-state index contributed by atoms with van der Waals surface area (Å²) in [6.45, 7) is 3.67. The number of hydrogen-bond donors (Lipinski definition) is 7. The van der Waals surface area contributed by atoms with Gasteiger partial charge >= 0.3 is 5.97 Å². The standard InChI is InChI=1S/C48H90O14/c1-3-5-7-9-11-13-15-17-18-19-20-22-24-26-28-30-32-57-34-37(60-40(50)31-29-27-25-23-21-16-14-12-10-8-6-4-2)35-58-47-46(56)44(54)42(52)39(62-47)36-59-48-45(55)43(53)41(51)38(33-49)61-48/h12,14,37-39,41-49,51-56H,3-11,13,15-36H2,1-2H3/b14-12-. The summed E-state index contributed by atoms with van der Waals surface area (Å²) in [4.78, 5) is 12.9. The molecule has 11 unspecified atom stereocenters. The van der Waals surface area contributed by atoms with E-state index in [-0.39, 0.29) is 25.6 Å². The van der Waals surface area contributed by atoms with Gasteiger partial charge in [0.05, 0.1) is 26.4 Å². The van der Waals surface area contributed by atoms with Crippen LogP contribution in [0.25, 0.3) is 0 Å². The molecule has 0 aliphatic carbocycles. The van der Waals surface area contributed by atoms with Gasteiger partial charge < -0.3 is 64.2 Å². The van der Waals surface area contributed by atoms with Crippen molar-refractivity contribution in [3.05, 3.63) is 12.2 Å². The zero-order chi connectivity index (χ0) is 45.2. The minimum atomic E-state index is -1.70. The first-order valence-corrected chi connectivity index (χ1v) is 24.8. The van der Waals surface area contributed by atoms with Gasteiger partial charge in [0.15, 0.2) is 12.6 Å². The number of allylic oxidation sites excluding steroid dienone is 2. The van der Waals surface area contributed by atoms with Crippen LogP contribution in [0.5, 0.6) is 0 Å². The molecule has 0 aromatic carbocycles. The molecule has 2 aliphatic rings. The molecule has 2 rings (SSSR count). The Morgan fingerprint density at radius 3 is 1.50 bits per heavy atom. The summed E-state index contributed by atoms with van der Waals surface area (Å²) < 4.78 is 34.2. The normalized spacial score (nSPS) is 27.2. The molecule has 2 aliphatic heterocycles. The first kappa shape index (κ1) is 56.9. The first-order chi connectivity index (χ1) is 30.1. The zero-order valence-corrected chi connectivity index (χ0v) is 38.6. The molecule has 2 saturated heterocycles. The second-order valence-electron chi connectivity index (χ2n) is 17.6. The van der Waals surface area contributed by atoms with Gasteiger partial charge in [-0.15, -0.1) is 0 Å². The van der Waals surface area contributed by atoms with Crippen LogP contribution in [0.4, 0.5) is 0 Å². The average molecular weight is 891 g/mol. The van der Waals surface area contributed by atoms with Crippen molar-refractivity contribution < 1.29 is 69.0 Å². The Kier molecular flexibility index (Phi) is 33.8. The van der Waals surface area contributed by atoms with Gasteiger partial charge in [0.1, 0.15) is 54.9 Å². The number of rotatable bonds is 39. The number of aliphatic hydroxyl groups is 7.